The van der Waals surface area contributed by atoms with E-state index in [9.17, 15) is 14.9 Å². The van der Waals surface area contributed by atoms with E-state index in [1.807, 2.05) is 0 Å². The monoisotopic (exact) mass is 307 g/mol. The highest BCUT2D eigenvalue weighted by Crippen LogP contribution is 2.29. The van der Waals surface area contributed by atoms with Gasteiger partial charge in [0.1, 0.15) is 0 Å². The first-order chi connectivity index (χ1) is 10.6. The number of nitro benzene ring substituents is 1. The molecule has 7 nitrogen and oxygen atoms in total. The molecule has 1 fully saturated rings. The average Bonchev–Trinajstić information content (AvgIpc) is 2.94. The van der Waals surface area contributed by atoms with Crippen molar-refractivity contribution in [1.82, 2.24) is 5.32 Å². The molecule has 1 aromatic carbocycles. The third-order valence-corrected chi connectivity index (χ3v) is 4.00. The Hall–Kier alpha value is -2.15. The molecule has 0 bridgehead atoms. The molecule has 0 aromatic heterocycles. The van der Waals surface area contributed by atoms with Gasteiger partial charge in [0.2, 0.25) is 0 Å². The van der Waals surface area contributed by atoms with Crippen LogP contribution in [-0.4, -0.2) is 30.0 Å². The molecule has 1 aliphatic carbocycles. The van der Waals surface area contributed by atoms with Gasteiger partial charge in [0.25, 0.3) is 5.91 Å². The SMILES string of the molecule is CCOc1ccc(C(=O)NC2CCCC2CN)cc1[N+](=O)[O-]. The Labute approximate surface area is 129 Å². The molecule has 1 amide bonds. The number of hydrogen-bond donors (Lipinski definition) is 2. The topological polar surface area (TPSA) is 107 Å². The zero-order valence-electron chi connectivity index (χ0n) is 12.6. The average molecular weight is 307 g/mol. The summed E-state index contributed by atoms with van der Waals surface area (Å²) in [4.78, 5) is 22.8. The van der Waals surface area contributed by atoms with Gasteiger partial charge < -0.3 is 15.8 Å². The summed E-state index contributed by atoms with van der Waals surface area (Å²) >= 11 is 0. The lowest BCUT2D eigenvalue weighted by atomic mass is 10.0. The maximum absolute atomic E-state index is 12.3. The van der Waals surface area contributed by atoms with Crippen LogP contribution in [0.3, 0.4) is 0 Å². The Bertz CT molecular complexity index is 562. The molecule has 1 aliphatic rings. The lowest BCUT2D eigenvalue weighted by Crippen LogP contribution is -2.39. The van der Waals surface area contributed by atoms with Crippen molar-refractivity contribution in [2.45, 2.75) is 32.2 Å². The Morgan fingerprint density at radius 2 is 2.27 bits per heavy atom. The summed E-state index contributed by atoms with van der Waals surface area (Å²) in [5, 5.41) is 14.0. The van der Waals surface area contributed by atoms with E-state index in [2.05, 4.69) is 5.32 Å². The fraction of sp³-hybridized carbons (Fsp3) is 0.533. The van der Waals surface area contributed by atoms with Crippen LogP contribution in [0.25, 0.3) is 0 Å². The summed E-state index contributed by atoms with van der Waals surface area (Å²) in [6.45, 7) is 2.61. The van der Waals surface area contributed by atoms with E-state index < -0.39 is 4.92 Å². The van der Waals surface area contributed by atoms with E-state index in [0.717, 1.165) is 19.3 Å². The van der Waals surface area contributed by atoms with Gasteiger partial charge in [-0.05, 0) is 44.4 Å². The van der Waals surface area contributed by atoms with Gasteiger partial charge >= 0.3 is 5.69 Å². The number of nitro groups is 1. The zero-order valence-corrected chi connectivity index (χ0v) is 12.6. The van der Waals surface area contributed by atoms with Gasteiger partial charge in [0.05, 0.1) is 11.5 Å². The first kappa shape index (κ1) is 16.2. The predicted molar refractivity (Wildman–Crippen MR) is 81.9 cm³/mol. The van der Waals surface area contributed by atoms with Crippen molar-refractivity contribution in [3.8, 4) is 5.75 Å². The minimum Gasteiger partial charge on any atom is -0.487 e. The number of carbonyl (C=O) groups is 1. The first-order valence-corrected chi connectivity index (χ1v) is 7.49. The summed E-state index contributed by atoms with van der Waals surface area (Å²) in [5.74, 6) is 0.142. The van der Waals surface area contributed by atoms with Crippen molar-refractivity contribution in [3.05, 3.63) is 33.9 Å². The molecule has 2 atom stereocenters. The van der Waals surface area contributed by atoms with Crippen LogP contribution < -0.4 is 15.8 Å². The van der Waals surface area contributed by atoms with E-state index in [4.69, 9.17) is 10.5 Å². The predicted octanol–water partition coefficient (Wildman–Crippen LogP) is 1.85. The van der Waals surface area contributed by atoms with E-state index in [0.29, 0.717) is 13.2 Å². The van der Waals surface area contributed by atoms with Crippen LogP contribution in [-0.2, 0) is 0 Å². The summed E-state index contributed by atoms with van der Waals surface area (Å²) in [6, 6.07) is 4.31. The molecule has 120 valence electrons. The minimum atomic E-state index is -0.542. The van der Waals surface area contributed by atoms with Crippen molar-refractivity contribution in [1.29, 1.82) is 0 Å². The molecule has 22 heavy (non-hydrogen) atoms. The summed E-state index contributed by atoms with van der Waals surface area (Å²) in [6.07, 6.45) is 2.94. The molecular weight excluding hydrogens is 286 g/mol. The number of rotatable bonds is 6. The maximum Gasteiger partial charge on any atom is 0.311 e. The molecule has 0 aliphatic heterocycles. The second kappa shape index (κ2) is 7.22. The first-order valence-electron chi connectivity index (χ1n) is 7.49. The highest BCUT2D eigenvalue weighted by molar-refractivity contribution is 5.95. The van der Waals surface area contributed by atoms with Crippen LogP contribution in [0.5, 0.6) is 5.75 Å². The molecule has 0 saturated heterocycles. The Morgan fingerprint density at radius 3 is 2.91 bits per heavy atom. The summed E-state index contributed by atoms with van der Waals surface area (Å²) in [5.41, 5.74) is 5.76. The van der Waals surface area contributed by atoms with Crippen molar-refractivity contribution >= 4 is 11.6 Å². The van der Waals surface area contributed by atoms with Gasteiger partial charge in [0, 0.05) is 17.7 Å². The molecule has 1 saturated carbocycles. The molecular formula is C15H21N3O4. The summed E-state index contributed by atoms with van der Waals surface area (Å²) < 4.78 is 5.21. The van der Waals surface area contributed by atoms with E-state index in [1.165, 1.54) is 12.1 Å². The molecule has 2 rings (SSSR count). The number of nitrogens with two attached hydrogens (primary N) is 1. The number of hydrogen-bond acceptors (Lipinski definition) is 5. The minimum absolute atomic E-state index is 0.0446. The van der Waals surface area contributed by atoms with Gasteiger partial charge in [0.15, 0.2) is 5.75 Å². The molecule has 1 aromatic rings. The second-order valence-corrected chi connectivity index (χ2v) is 5.38. The number of benzene rings is 1. The van der Waals surface area contributed by atoms with Gasteiger partial charge in [-0.2, -0.15) is 0 Å². The second-order valence-electron chi connectivity index (χ2n) is 5.38. The number of amides is 1. The highest BCUT2D eigenvalue weighted by atomic mass is 16.6. The highest BCUT2D eigenvalue weighted by Gasteiger charge is 2.28. The van der Waals surface area contributed by atoms with Crippen LogP contribution in [0, 0.1) is 16.0 Å². The van der Waals surface area contributed by atoms with Crippen molar-refractivity contribution in [2.75, 3.05) is 13.2 Å². The van der Waals surface area contributed by atoms with Gasteiger partial charge in [-0.15, -0.1) is 0 Å². The van der Waals surface area contributed by atoms with E-state index in [1.54, 1.807) is 13.0 Å². The molecule has 0 radical (unpaired) electrons. The third kappa shape index (κ3) is 3.54. The lowest BCUT2D eigenvalue weighted by molar-refractivity contribution is -0.385. The lowest BCUT2D eigenvalue weighted by Gasteiger charge is -2.19. The smallest absolute Gasteiger partial charge is 0.311 e. The normalized spacial score (nSPS) is 20.6. The largest absolute Gasteiger partial charge is 0.487 e. The van der Waals surface area contributed by atoms with Crippen LogP contribution in [0.1, 0.15) is 36.5 Å². The third-order valence-electron chi connectivity index (χ3n) is 4.00. The Kier molecular flexibility index (Phi) is 5.32. The van der Waals surface area contributed by atoms with Crippen molar-refractivity contribution < 1.29 is 14.5 Å². The molecule has 3 N–H and O–H groups in total. The van der Waals surface area contributed by atoms with Gasteiger partial charge in [-0.25, -0.2) is 0 Å². The molecule has 0 heterocycles. The standard InChI is InChI=1S/C15H21N3O4/c1-2-22-14-7-6-10(8-13(14)18(20)21)15(19)17-12-5-3-4-11(12)9-16/h6-8,11-12H,2-5,9,16H2,1H3,(H,17,19). The van der Waals surface area contributed by atoms with Crippen LogP contribution in [0.2, 0.25) is 0 Å². The fourth-order valence-electron chi connectivity index (χ4n) is 2.84. The number of nitrogens with one attached hydrogen (secondary N) is 1. The van der Waals surface area contributed by atoms with Crippen LogP contribution in [0.15, 0.2) is 18.2 Å². The maximum atomic E-state index is 12.3. The Morgan fingerprint density at radius 1 is 1.50 bits per heavy atom. The zero-order chi connectivity index (χ0) is 16.1. The van der Waals surface area contributed by atoms with Crippen molar-refractivity contribution in [3.63, 3.8) is 0 Å². The molecule has 0 spiro atoms. The Balaban J connectivity index is 2.16. The van der Waals surface area contributed by atoms with Gasteiger partial charge in [-0.3, -0.25) is 14.9 Å². The van der Waals surface area contributed by atoms with Crippen LogP contribution in [0.4, 0.5) is 5.69 Å². The number of ether oxygens (including phenoxy) is 1. The van der Waals surface area contributed by atoms with Crippen LogP contribution >= 0.6 is 0 Å². The molecule has 7 heteroatoms. The van der Waals surface area contributed by atoms with E-state index in [-0.39, 0.29) is 34.9 Å². The summed E-state index contributed by atoms with van der Waals surface area (Å²) in [7, 11) is 0. The van der Waals surface area contributed by atoms with E-state index >= 15 is 0 Å². The number of carbonyl (C=O) groups excluding carboxylic acids is 1. The van der Waals surface area contributed by atoms with Crippen molar-refractivity contribution in [2.24, 2.45) is 11.7 Å². The quantitative estimate of drug-likeness (QED) is 0.616. The fourth-order valence-corrected chi connectivity index (χ4v) is 2.84. The number of nitrogens with zero attached hydrogens (tertiary/aromatic N) is 1. The van der Waals surface area contributed by atoms with Gasteiger partial charge in [-0.1, -0.05) is 6.42 Å². The molecule has 2 unspecified atom stereocenters.